The van der Waals surface area contributed by atoms with Gasteiger partial charge in [-0.15, -0.1) is 11.3 Å². The minimum atomic E-state index is -4.51. The van der Waals surface area contributed by atoms with Crippen LogP contribution in [-0.2, 0) is 21.3 Å². The Hall–Kier alpha value is -3.51. The number of benzene rings is 1. The van der Waals surface area contributed by atoms with Crippen LogP contribution in [0, 0.1) is 0 Å². The fraction of sp³-hybridized carbons (Fsp3) is 0.333. The summed E-state index contributed by atoms with van der Waals surface area (Å²) in [6.45, 7) is 1.51. The van der Waals surface area contributed by atoms with E-state index in [-0.39, 0.29) is 11.5 Å². The second-order valence-corrected chi connectivity index (χ2v) is 9.45. The van der Waals surface area contributed by atoms with Crippen molar-refractivity contribution < 1.29 is 32.6 Å². The second-order valence-electron chi connectivity index (χ2n) is 8.42. The molecule has 12 heteroatoms. The predicted molar refractivity (Wildman–Crippen MR) is 128 cm³/mol. The highest BCUT2D eigenvalue weighted by atomic mass is 32.1. The lowest BCUT2D eigenvalue weighted by molar-refractivity contribution is -0.163. The van der Waals surface area contributed by atoms with Crippen molar-refractivity contribution in [1.82, 2.24) is 9.97 Å². The number of amides is 2. The van der Waals surface area contributed by atoms with Gasteiger partial charge in [0.2, 0.25) is 0 Å². The lowest BCUT2D eigenvalue weighted by Crippen LogP contribution is -2.34. The number of thiazole rings is 1. The standard InChI is InChI=1S/C24H23F3N4O4S/c1-14(20(32)33)35-23(9-2-3-10-23)21-29-13-18(36-21)15-7-8-19(28-12-15)31-22(34)30-17-6-4-5-16(11-17)24(25,26)27/h4-8,11-14H,2-3,9-10H2,1H3,(H,32,33)(H2,28,30,31,34). The number of hydrogen-bond acceptors (Lipinski definition) is 6. The van der Waals surface area contributed by atoms with E-state index in [1.165, 1.54) is 30.4 Å². The Morgan fingerprint density at radius 3 is 2.50 bits per heavy atom. The van der Waals surface area contributed by atoms with E-state index in [2.05, 4.69) is 20.6 Å². The summed E-state index contributed by atoms with van der Waals surface area (Å²) in [4.78, 5) is 33.1. The summed E-state index contributed by atoms with van der Waals surface area (Å²) in [6, 6.07) is 6.88. The molecule has 0 aliphatic heterocycles. The molecule has 1 saturated carbocycles. The molecule has 8 nitrogen and oxygen atoms in total. The van der Waals surface area contributed by atoms with E-state index in [1.54, 1.807) is 24.5 Å². The maximum absolute atomic E-state index is 12.9. The number of halogens is 3. The molecular formula is C24H23F3N4O4S. The number of rotatable bonds is 7. The minimum Gasteiger partial charge on any atom is -0.479 e. The van der Waals surface area contributed by atoms with Crippen molar-refractivity contribution in [1.29, 1.82) is 0 Å². The summed E-state index contributed by atoms with van der Waals surface area (Å²) in [7, 11) is 0. The van der Waals surface area contributed by atoms with Gasteiger partial charge in [0, 0.05) is 23.6 Å². The van der Waals surface area contributed by atoms with Crippen LogP contribution >= 0.6 is 11.3 Å². The van der Waals surface area contributed by atoms with Gasteiger partial charge in [-0.1, -0.05) is 18.9 Å². The molecule has 190 valence electrons. The Labute approximate surface area is 208 Å². The Morgan fingerprint density at radius 2 is 1.86 bits per heavy atom. The first-order valence-corrected chi connectivity index (χ1v) is 12.0. The van der Waals surface area contributed by atoms with Crippen LogP contribution < -0.4 is 10.6 Å². The summed E-state index contributed by atoms with van der Waals surface area (Å²) in [5.74, 6) is -0.818. The normalized spacial score (nSPS) is 15.9. The largest absolute Gasteiger partial charge is 0.479 e. The van der Waals surface area contributed by atoms with Crippen LogP contribution in [0.5, 0.6) is 0 Å². The number of alkyl halides is 3. The second kappa shape index (κ2) is 10.2. The van der Waals surface area contributed by atoms with Crippen LogP contribution in [0.4, 0.5) is 29.5 Å². The van der Waals surface area contributed by atoms with E-state index < -0.39 is 35.4 Å². The van der Waals surface area contributed by atoms with Crippen molar-refractivity contribution in [2.45, 2.75) is 50.5 Å². The van der Waals surface area contributed by atoms with Gasteiger partial charge in [-0.05, 0) is 50.1 Å². The van der Waals surface area contributed by atoms with Crippen LogP contribution in [0.1, 0.15) is 43.2 Å². The first kappa shape index (κ1) is 25.6. The fourth-order valence-corrected chi connectivity index (χ4v) is 5.10. The number of pyridine rings is 1. The van der Waals surface area contributed by atoms with Crippen LogP contribution in [-0.4, -0.2) is 33.2 Å². The number of carbonyl (C=O) groups is 2. The average molecular weight is 521 g/mol. The fourth-order valence-electron chi connectivity index (χ4n) is 4.00. The maximum atomic E-state index is 12.9. The molecule has 0 bridgehead atoms. The number of nitrogens with one attached hydrogen (secondary N) is 2. The molecular weight excluding hydrogens is 497 g/mol. The van der Waals surface area contributed by atoms with Crippen LogP contribution in [0.15, 0.2) is 48.8 Å². The third-order valence-electron chi connectivity index (χ3n) is 5.79. The van der Waals surface area contributed by atoms with Gasteiger partial charge in [0.15, 0.2) is 6.10 Å². The molecule has 1 aromatic carbocycles. The first-order valence-electron chi connectivity index (χ1n) is 11.1. The van der Waals surface area contributed by atoms with Crippen molar-refractivity contribution in [3.63, 3.8) is 0 Å². The first-order chi connectivity index (χ1) is 17.1. The SMILES string of the molecule is CC(OC1(c2ncc(-c3ccc(NC(=O)Nc4cccc(C(F)(F)F)c4)nc3)s2)CCCC1)C(=O)O. The monoisotopic (exact) mass is 520 g/mol. The Morgan fingerprint density at radius 1 is 1.11 bits per heavy atom. The number of carboxylic acid groups (broad SMARTS) is 1. The smallest absolute Gasteiger partial charge is 0.416 e. The number of nitrogens with zero attached hydrogens (tertiary/aromatic N) is 2. The summed E-state index contributed by atoms with van der Waals surface area (Å²) in [5.41, 5.74) is -0.857. The molecule has 1 atom stereocenters. The van der Waals surface area contributed by atoms with Crippen LogP contribution in [0.25, 0.3) is 10.4 Å². The summed E-state index contributed by atoms with van der Waals surface area (Å²) >= 11 is 1.40. The van der Waals surface area contributed by atoms with Gasteiger partial charge in [-0.25, -0.2) is 19.6 Å². The number of urea groups is 1. The van der Waals surface area contributed by atoms with E-state index in [4.69, 9.17) is 4.74 Å². The highest BCUT2D eigenvalue weighted by molar-refractivity contribution is 7.15. The molecule has 1 unspecified atom stereocenters. The Kier molecular flexibility index (Phi) is 7.27. The molecule has 3 aromatic rings. The molecule has 1 aliphatic carbocycles. The zero-order valence-electron chi connectivity index (χ0n) is 19.1. The maximum Gasteiger partial charge on any atom is 0.416 e. The van der Waals surface area contributed by atoms with Crippen LogP contribution in [0.2, 0.25) is 0 Å². The minimum absolute atomic E-state index is 0.00332. The lowest BCUT2D eigenvalue weighted by Gasteiger charge is -2.29. The van der Waals surface area contributed by atoms with Crippen molar-refractivity contribution in [3.8, 4) is 10.4 Å². The molecule has 2 amide bonds. The van der Waals surface area contributed by atoms with Crippen molar-refractivity contribution in [3.05, 3.63) is 59.4 Å². The molecule has 0 spiro atoms. The third-order valence-corrected chi connectivity index (χ3v) is 7.03. The van der Waals surface area contributed by atoms with E-state index in [9.17, 15) is 27.9 Å². The van der Waals surface area contributed by atoms with Gasteiger partial charge in [-0.3, -0.25) is 5.32 Å². The zero-order chi connectivity index (χ0) is 25.9. The van der Waals surface area contributed by atoms with Gasteiger partial charge in [0.25, 0.3) is 0 Å². The number of hydrogen-bond donors (Lipinski definition) is 3. The quantitative estimate of drug-likeness (QED) is 0.346. The molecule has 3 N–H and O–H groups in total. The highest BCUT2D eigenvalue weighted by Gasteiger charge is 2.42. The van der Waals surface area contributed by atoms with Crippen molar-refractivity contribution in [2.75, 3.05) is 10.6 Å². The molecule has 1 fully saturated rings. The summed E-state index contributed by atoms with van der Waals surface area (Å²) < 4.78 is 44.5. The molecule has 2 heterocycles. The molecule has 36 heavy (non-hydrogen) atoms. The third kappa shape index (κ3) is 5.82. The lowest BCUT2D eigenvalue weighted by atomic mass is 10.0. The molecule has 0 radical (unpaired) electrons. The summed E-state index contributed by atoms with van der Waals surface area (Å²) in [5, 5.41) is 14.8. The predicted octanol–water partition coefficient (Wildman–Crippen LogP) is 6.13. The van der Waals surface area contributed by atoms with Crippen LogP contribution in [0.3, 0.4) is 0 Å². The van der Waals surface area contributed by atoms with Gasteiger partial charge in [-0.2, -0.15) is 13.2 Å². The molecule has 0 saturated heterocycles. The number of ether oxygens (including phenoxy) is 1. The van der Waals surface area contributed by atoms with Gasteiger partial charge in [0.1, 0.15) is 16.4 Å². The van der Waals surface area contributed by atoms with Crippen molar-refractivity contribution >= 4 is 34.8 Å². The number of aliphatic carboxylic acids is 1. The van der Waals surface area contributed by atoms with Gasteiger partial charge in [0.05, 0.1) is 10.4 Å². The van der Waals surface area contributed by atoms with Gasteiger partial charge < -0.3 is 15.2 Å². The Bertz CT molecular complexity index is 1240. The zero-order valence-corrected chi connectivity index (χ0v) is 19.9. The van der Waals surface area contributed by atoms with Crippen molar-refractivity contribution in [2.24, 2.45) is 0 Å². The highest BCUT2D eigenvalue weighted by Crippen LogP contribution is 2.45. The number of aromatic nitrogens is 2. The topological polar surface area (TPSA) is 113 Å². The summed E-state index contributed by atoms with van der Waals surface area (Å²) in [6.07, 6.45) is 0.986. The average Bonchev–Trinajstić information content (AvgIpc) is 3.50. The van der Waals surface area contributed by atoms with E-state index >= 15 is 0 Å². The van der Waals surface area contributed by atoms with Gasteiger partial charge >= 0.3 is 18.2 Å². The molecule has 4 rings (SSSR count). The molecule has 2 aromatic heterocycles. The molecule has 1 aliphatic rings. The number of carbonyl (C=O) groups excluding carboxylic acids is 1. The van der Waals surface area contributed by atoms with E-state index in [1.807, 2.05) is 0 Å². The number of anilines is 2. The Balaban J connectivity index is 1.42. The van der Waals surface area contributed by atoms with E-state index in [0.29, 0.717) is 17.8 Å². The number of carboxylic acids is 1. The van der Waals surface area contributed by atoms with E-state index in [0.717, 1.165) is 35.4 Å².